The van der Waals surface area contributed by atoms with E-state index in [0.717, 1.165) is 44.9 Å². The van der Waals surface area contributed by atoms with Crippen molar-refractivity contribution < 1.29 is 33.1 Å². The Labute approximate surface area is 210 Å². The molecule has 5 N–H and O–H groups in total. The van der Waals surface area contributed by atoms with E-state index >= 15 is 0 Å². The van der Waals surface area contributed by atoms with E-state index < -0.39 is 33.0 Å². The molecule has 0 unspecified atom stereocenters. The average Bonchev–Trinajstić information content (AvgIpc) is 3.14. The maximum Gasteiger partial charge on any atom is 0.266 e. The van der Waals surface area contributed by atoms with E-state index in [1.165, 1.54) is 0 Å². The van der Waals surface area contributed by atoms with E-state index in [4.69, 9.17) is 4.55 Å². The zero-order chi connectivity index (χ0) is 25.8. The van der Waals surface area contributed by atoms with Crippen molar-refractivity contribution in [1.82, 2.24) is 5.32 Å². The molecule has 4 rings (SSSR count). The lowest BCUT2D eigenvalue weighted by molar-refractivity contribution is -0.254. The van der Waals surface area contributed by atoms with Crippen molar-refractivity contribution in [2.24, 2.45) is 40.4 Å². The third kappa shape index (κ3) is 4.80. The zero-order valence-electron chi connectivity index (χ0n) is 21.4. The second-order valence-electron chi connectivity index (χ2n) is 12.7. The van der Waals surface area contributed by atoms with Gasteiger partial charge in [0, 0.05) is 18.4 Å². The van der Waals surface area contributed by atoms with Gasteiger partial charge in [-0.3, -0.25) is 9.35 Å². The molecule has 4 fully saturated rings. The number of carbonyl (C=O) groups is 1. The van der Waals surface area contributed by atoms with E-state index in [9.17, 15) is 28.5 Å². The van der Waals surface area contributed by atoms with E-state index in [2.05, 4.69) is 26.1 Å². The largest absolute Gasteiger partial charge is 0.393 e. The van der Waals surface area contributed by atoms with Gasteiger partial charge in [-0.2, -0.15) is 8.42 Å². The molecule has 0 heterocycles. The van der Waals surface area contributed by atoms with Crippen molar-refractivity contribution in [3.8, 4) is 0 Å². The number of hydrogen-bond acceptors (Lipinski definition) is 6. The van der Waals surface area contributed by atoms with Crippen LogP contribution in [0.3, 0.4) is 0 Å². The van der Waals surface area contributed by atoms with Gasteiger partial charge in [-0.05, 0) is 92.8 Å². The maximum absolute atomic E-state index is 12.3. The van der Waals surface area contributed by atoms with Crippen LogP contribution in [-0.2, 0) is 14.9 Å². The molecule has 4 aliphatic carbocycles. The Morgan fingerprint density at radius 3 is 2.46 bits per heavy atom. The van der Waals surface area contributed by atoms with Crippen molar-refractivity contribution in [3.05, 3.63) is 0 Å². The van der Waals surface area contributed by atoms with Gasteiger partial charge >= 0.3 is 0 Å². The lowest BCUT2D eigenvalue weighted by Gasteiger charge is -2.65. The maximum atomic E-state index is 12.3. The molecule has 202 valence electrons. The topological polar surface area (TPSA) is 144 Å². The van der Waals surface area contributed by atoms with Gasteiger partial charge in [0.1, 0.15) is 0 Å². The van der Waals surface area contributed by atoms with Gasteiger partial charge in [0.05, 0.1) is 23.6 Å². The van der Waals surface area contributed by atoms with Crippen LogP contribution in [0.2, 0.25) is 0 Å². The second-order valence-corrected chi connectivity index (χ2v) is 14.3. The molecule has 0 aliphatic heterocycles. The summed E-state index contributed by atoms with van der Waals surface area (Å²) >= 11 is 0. The van der Waals surface area contributed by atoms with Crippen LogP contribution in [0.5, 0.6) is 0 Å². The first-order chi connectivity index (χ1) is 16.2. The summed E-state index contributed by atoms with van der Waals surface area (Å²) in [6, 6.07) is 0. The molecule has 8 nitrogen and oxygen atoms in total. The SMILES string of the molecule is C[C@H](CCC(=O)NCCS(=O)(=O)O)[C@H]1CC[C@H]2[C@@]3(O)CC[C@H]4C[C@H](O)CC[C@]4(C)[C@@H]3C[C@H](O)[C@]12C. The molecular formula is C26H45NO7S. The van der Waals surface area contributed by atoms with Gasteiger partial charge in [0.2, 0.25) is 5.91 Å². The predicted molar refractivity (Wildman–Crippen MR) is 132 cm³/mol. The van der Waals surface area contributed by atoms with Crippen LogP contribution in [0.15, 0.2) is 0 Å². The summed E-state index contributed by atoms with van der Waals surface area (Å²) in [6.07, 6.45) is 6.61. The smallest absolute Gasteiger partial charge is 0.266 e. The number of fused-ring (bicyclic) bond motifs is 5. The Bertz CT molecular complexity index is 911. The third-order valence-corrected chi connectivity index (χ3v) is 11.8. The number of amides is 1. The van der Waals surface area contributed by atoms with Gasteiger partial charge in [0.15, 0.2) is 0 Å². The molecule has 10 atom stereocenters. The number of hydrogen-bond donors (Lipinski definition) is 5. The van der Waals surface area contributed by atoms with Crippen LogP contribution in [0.25, 0.3) is 0 Å². The van der Waals surface area contributed by atoms with E-state index in [-0.39, 0.29) is 54.1 Å². The van der Waals surface area contributed by atoms with Crippen molar-refractivity contribution in [3.63, 3.8) is 0 Å². The van der Waals surface area contributed by atoms with Crippen LogP contribution in [-0.4, -0.2) is 64.3 Å². The predicted octanol–water partition coefficient (Wildman–Crippen LogP) is 2.51. The van der Waals surface area contributed by atoms with Crippen LogP contribution < -0.4 is 5.32 Å². The Hall–Kier alpha value is -0.740. The standard InChI is InChI=1S/C26H45NO7S/c1-16(4-7-23(30)27-12-13-35(32,33)34)19-5-6-20-25(19,3)22(29)15-21-24(2)10-9-18(28)14-17(24)8-11-26(20,21)31/h16-22,28-29,31H,4-15H2,1-3H3,(H,27,30)(H,32,33,34)/t16-,17+,18-,19-,20-,21+,22+,24+,25-,26+/m1/s1. The molecule has 0 spiro atoms. The second kappa shape index (κ2) is 9.53. The van der Waals surface area contributed by atoms with Crippen molar-refractivity contribution in [2.45, 2.75) is 103 Å². The molecule has 0 radical (unpaired) electrons. The Kier molecular flexibility index (Phi) is 7.43. The first kappa shape index (κ1) is 27.3. The molecule has 1 amide bonds. The summed E-state index contributed by atoms with van der Waals surface area (Å²) in [7, 11) is -4.10. The minimum atomic E-state index is -4.10. The van der Waals surface area contributed by atoms with Crippen molar-refractivity contribution in [1.29, 1.82) is 0 Å². The van der Waals surface area contributed by atoms with Crippen LogP contribution >= 0.6 is 0 Å². The molecule has 0 saturated heterocycles. The normalized spacial score (nSPS) is 46.3. The molecule has 4 saturated carbocycles. The van der Waals surface area contributed by atoms with E-state index in [1.807, 2.05) is 0 Å². The van der Waals surface area contributed by atoms with Gasteiger partial charge in [0.25, 0.3) is 10.1 Å². The quantitative estimate of drug-likeness (QED) is 0.328. The summed E-state index contributed by atoms with van der Waals surface area (Å²) in [5.74, 6) is 0.0702. The monoisotopic (exact) mass is 515 g/mol. The fraction of sp³-hybridized carbons (Fsp3) is 0.962. The average molecular weight is 516 g/mol. The van der Waals surface area contributed by atoms with Crippen molar-refractivity contribution in [2.75, 3.05) is 12.3 Å². The summed E-state index contributed by atoms with van der Waals surface area (Å²) in [4.78, 5) is 12.2. The molecule has 0 aromatic rings. The minimum absolute atomic E-state index is 0.0180. The molecule has 9 heteroatoms. The van der Waals surface area contributed by atoms with Gasteiger partial charge in [-0.25, -0.2) is 0 Å². The molecular weight excluding hydrogens is 470 g/mol. The summed E-state index contributed by atoms with van der Waals surface area (Å²) < 4.78 is 30.5. The van der Waals surface area contributed by atoms with Crippen molar-refractivity contribution >= 4 is 16.0 Å². The molecule has 35 heavy (non-hydrogen) atoms. The zero-order valence-corrected chi connectivity index (χ0v) is 22.3. The van der Waals surface area contributed by atoms with E-state index in [0.29, 0.717) is 18.8 Å². The lowest BCUT2D eigenvalue weighted by Crippen LogP contribution is -2.67. The summed E-state index contributed by atoms with van der Waals surface area (Å²) in [6.45, 7) is 6.44. The first-order valence-corrected chi connectivity index (χ1v) is 15.1. The number of carbonyl (C=O) groups excluding carboxylic acids is 1. The fourth-order valence-corrected chi connectivity index (χ4v) is 9.54. The molecule has 0 bridgehead atoms. The summed E-state index contributed by atoms with van der Waals surface area (Å²) in [5.41, 5.74) is -1.27. The molecule has 0 aromatic carbocycles. The highest BCUT2D eigenvalue weighted by Crippen LogP contribution is 2.69. The number of rotatable bonds is 7. The highest BCUT2D eigenvalue weighted by Gasteiger charge is 2.69. The van der Waals surface area contributed by atoms with Crippen LogP contribution in [0.1, 0.15) is 85.0 Å². The number of aliphatic hydroxyl groups excluding tert-OH is 2. The Balaban J connectivity index is 1.44. The molecule has 0 aromatic heterocycles. The lowest BCUT2D eigenvalue weighted by atomic mass is 9.42. The number of nitrogens with one attached hydrogen (secondary N) is 1. The first-order valence-electron chi connectivity index (χ1n) is 13.5. The fourth-order valence-electron chi connectivity index (χ4n) is 9.18. The van der Waals surface area contributed by atoms with E-state index in [1.54, 1.807) is 0 Å². The van der Waals surface area contributed by atoms with Crippen LogP contribution in [0, 0.1) is 40.4 Å². The highest BCUT2D eigenvalue weighted by molar-refractivity contribution is 7.85. The Morgan fingerprint density at radius 2 is 1.77 bits per heavy atom. The third-order valence-electron chi connectivity index (χ3n) is 11.1. The van der Waals surface area contributed by atoms with Crippen LogP contribution in [0.4, 0.5) is 0 Å². The highest BCUT2D eigenvalue weighted by atomic mass is 32.2. The number of aliphatic hydroxyl groups is 3. The van der Waals surface area contributed by atoms with Gasteiger partial charge in [-0.1, -0.05) is 20.8 Å². The van der Waals surface area contributed by atoms with Gasteiger partial charge in [-0.15, -0.1) is 0 Å². The molecule has 4 aliphatic rings. The summed E-state index contributed by atoms with van der Waals surface area (Å²) in [5, 5.41) is 36.7. The van der Waals surface area contributed by atoms with Gasteiger partial charge < -0.3 is 20.6 Å². The minimum Gasteiger partial charge on any atom is -0.393 e. The Morgan fingerprint density at radius 1 is 1.06 bits per heavy atom.